The molecule has 0 atom stereocenters. The van der Waals surface area contributed by atoms with Crippen LogP contribution >= 0.6 is 0 Å². The second-order valence-corrected chi connectivity index (χ2v) is 2.39. The first-order chi connectivity index (χ1) is 5.31. The Hall–Kier alpha value is -0.610. The maximum Gasteiger partial charge on any atom is 0.107 e. The summed E-state index contributed by atoms with van der Waals surface area (Å²) in [5.74, 6) is 0.550. The van der Waals surface area contributed by atoms with Crippen LogP contribution in [0.2, 0.25) is 0 Å². The van der Waals surface area contributed by atoms with E-state index in [-0.39, 0.29) is 0 Å². The molecule has 0 spiro atoms. The summed E-state index contributed by atoms with van der Waals surface area (Å²) < 4.78 is 0. The molecule has 4 heteroatoms. The predicted octanol–water partition coefficient (Wildman–Crippen LogP) is -0.698. The Kier molecular flexibility index (Phi) is 7.08. The molecule has 0 aromatic rings. The van der Waals surface area contributed by atoms with Crippen molar-refractivity contribution in [3.8, 4) is 0 Å². The molecule has 0 radical (unpaired) electrons. The summed E-state index contributed by atoms with van der Waals surface area (Å²) in [5.41, 5.74) is 10.6. The molecular weight excluding hydrogens is 140 g/mol. The van der Waals surface area contributed by atoms with E-state index in [1.807, 2.05) is 7.05 Å². The van der Waals surface area contributed by atoms with Crippen LogP contribution in [0.3, 0.4) is 0 Å². The average molecular weight is 158 g/mol. The predicted molar refractivity (Wildman–Crippen MR) is 48.7 cm³/mol. The minimum absolute atomic E-state index is 0.367. The number of hydrogen-bond acceptors (Lipinski definition) is 3. The van der Waals surface area contributed by atoms with Crippen molar-refractivity contribution in [1.82, 2.24) is 5.32 Å². The smallest absolute Gasteiger partial charge is 0.107 e. The summed E-state index contributed by atoms with van der Waals surface area (Å²) in [7, 11) is 1.94. The van der Waals surface area contributed by atoms with Gasteiger partial charge in [0.2, 0.25) is 0 Å². The van der Waals surface area contributed by atoms with Gasteiger partial charge < -0.3 is 16.8 Å². The molecule has 0 rings (SSSR count). The molecule has 0 saturated carbocycles. The molecule has 0 aliphatic rings. The molecular formula is C7H18N4. The number of aliphatic imine (C=N–C) groups is 1. The van der Waals surface area contributed by atoms with E-state index in [2.05, 4.69) is 10.3 Å². The molecule has 0 saturated heterocycles. The van der Waals surface area contributed by atoms with Gasteiger partial charge in [-0.3, -0.25) is 4.99 Å². The van der Waals surface area contributed by atoms with Crippen LogP contribution in [-0.4, -0.2) is 32.5 Å². The van der Waals surface area contributed by atoms with E-state index in [1.54, 1.807) is 0 Å². The summed E-state index contributed by atoms with van der Waals surface area (Å²) in [6, 6.07) is 0. The Morgan fingerprint density at radius 2 is 2.18 bits per heavy atom. The lowest BCUT2D eigenvalue weighted by Gasteiger charge is -1.97. The van der Waals surface area contributed by atoms with Crippen molar-refractivity contribution in [3.63, 3.8) is 0 Å². The monoisotopic (exact) mass is 158 g/mol. The first-order valence-corrected chi connectivity index (χ1v) is 3.94. The van der Waals surface area contributed by atoms with Gasteiger partial charge in [-0.15, -0.1) is 0 Å². The SMILES string of the molecule is CNCCCCN=C(N)CN. The third-order valence-corrected chi connectivity index (χ3v) is 1.36. The number of nitrogens with zero attached hydrogens (tertiary/aromatic N) is 1. The lowest BCUT2D eigenvalue weighted by Crippen LogP contribution is -2.23. The Morgan fingerprint density at radius 1 is 1.45 bits per heavy atom. The molecule has 66 valence electrons. The maximum atomic E-state index is 5.40. The Labute approximate surface area is 68.1 Å². The zero-order valence-electron chi connectivity index (χ0n) is 7.14. The Balaban J connectivity index is 3.12. The molecule has 0 aliphatic heterocycles. The standard InChI is InChI=1S/C7H18N4/c1-10-4-2-3-5-11-7(9)6-8/h10H,2-6,8H2,1H3,(H2,9,11). The van der Waals surface area contributed by atoms with Crippen LogP contribution in [-0.2, 0) is 0 Å². The van der Waals surface area contributed by atoms with Gasteiger partial charge in [0.1, 0.15) is 5.84 Å². The molecule has 5 N–H and O–H groups in total. The van der Waals surface area contributed by atoms with Gasteiger partial charge >= 0.3 is 0 Å². The van der Waals surface area contributed by atoms with Gasteiger partial charge in [-0.25, -0.2) is 0 Å². The number of amidine groups is 1. The minimum atomic E-state index is 0.367. The molecule has 0 bridgehead atoms. The van der Waals surface area contributed by atoms with Crippen molar-refractivity contribution < 1.29 is 0 Å². The topological polar surface area (TPSA) is 76.4 Å². The first kappa shape index (κ1) is 10.4. The molecule has 0 fully saturated rings. The zero-order valence-corrected chi connectivity index (χ0v) is 7.14. The second kappa shape index (κ2) is 7.50. The van der Waals surface area contributed by atoms with Crippen molar-refractivity contribution in [1.29, 1.82) is 0 Å². The first-order valence-electron chi connectivity index (χ1n) is 3.94. The average Bonchev–Trinajstić information content (AvgIpc) is 2.04. The number of nitrogens with one attached hydrogen (secondary N) is 1. The van der Waals surface area contributed by atoms with E-state index < -0.39 is 0 Å². The van der Waals surface area contributed by atoms with Gasteiger partial charge in [-0.05, 0) is 26.4 Å². The number of nitrogens with two attached hydrogens (primary N) is 2. The zero-order chi connectivity index (χ0) is 8.53. The van der Waals surface area contributed by atoms with E-state index >= 15 is 0 Å². The maximum absolute atomic E-state index is 5.40. The summed E-state index contributed by atoms with van der Waals surface area (Å²) in [5, 5.41) is 3.07. The molecule has 11 heavy (non-hydrogen) atoms. The van der Waals surface area contributed by atoms with Crippen LogP contribution in [0.5, 0.6) is 0 Å². The fourth-order valence-electron chi connectivity index (χ4n) is 0.701. The second-order valence-electron chi connectivity index (χ2n) is 2.39. The summed E-state index contributed by atoms with van der Waals surface area (Å²) >= 11 is 0. The van der Waals surface area contributed by atoms with Crippen LogP contribution in [0.15, 0.2) is 4.99 Å². The number of unbranched alkanes of at least 4 members (excludes halogenated alkanes) is 1. The van der Waals surface area contributed by atoms with E-state index in [0.29, 0.717) is 12.4 Å². The van der Waals surface area contributed by atoms with Crippen molar-refractivity contribution >= 4 is 5.84 Å². The highest BCUT2D eigenvalue weighted by molar-refractivity contribution is 5.81. The Morgan fingerprint density at radius 3 is 2.73 bits per heavy atom. The number of rotatable bonds is 6. The summed E-state index contributed by atoms with van der Waals surface area (Å²) in [6.45, 7) is 2.20. The molecule has 0 aromatic carbocycles. The van der Waals surface area contributed by atoms with Gasteiger partial charge in [0.25, 0.3) is 0 Å². The van der Waals surface area contributed by atoms with E-state index in [0.717, 1.165) is 25.9 Å². The highest BCUT2D eigenvalue weighted by atomic mass is 14.9. The molecule has 4 nitrogen and oxygen atoms in total. The third kappa shape index (κ3) is 7.29. The molecule has 0 unspecified atom stereocenters. The van der Waals surface area contributed by atoms with Gasteiger partial charge in [0.15, 0.2) is 0 Å². The molecule has 0 aromatic heterocycles. The normalized spacial score (nSPS) is 12.0. The minimum Gasteiger partial charge on any atom is -0.386 e. The van der Waals surface area contributed by atoms with E-state index in [9.17, 15) is 0 Å². The van der Waals surface area contributed by atoms with Gasteiger partial charge in [0, 0.05) is 6.54 Å². The Bertz CT molecular complexity index is 111. The van der Waals surface area contributed by atoms with Crippen LogP contribution in [0.1, 0.15) is 12.8 Å². The van der Waals surface area contributed by atoms with Crippen molar-refractivity contribution in [2.75, 3.05) is 26.7 Å². The molecule has 0 heterocycles. The van der Waals surface area contributed by atoms with Gasteiger partial charge in [-0.2, -0.15) is 0 Å². The third-order valence-electron chi connectivity index (χ3n) is 1.36. The van der Waals surface area contributed by atoms with Crippen molar-refractivity contribution in [2.24, 2.45) is 16.5 Å². The van der Waals surface area contributed by atoms with Gasteiger partial charge in [0.05, 0.1) is 6.54 Å². The summed E-state index contributed by atoms with van der Waals surface area (Å²) in [4.78, 5) is 4.06. The largest absolute Gasteiger partial charge is 0.386 e. The number of hydrogen-bond donors (Lipinski definition) is 3. The lowest BCUT2D eigenvalue weighted by molar-refractivity contribution is 0.684. The quantitative estimate of drug-likeness (QED) is 0.272. The van der Waals surface area contributed by atoms with Crippen LogP contribution < -0.4 is 16.8 Å². The lowest BCUT2D eigenvalue weighted by atomic mass is 10.3. The molecule has 0 aliphatic carbocycles. The fraction of sp³-hybridized carbons (Fsp3) is 0.857. The van der Waals surface area contributed by atoms with Crippen LogP contribution in [0, 0.1) is 0 Å². The van der Waals surface area contributed by atoms with Crippen LogP contribution in [0.25, 0.3) is 0 Å². The van der Waals surface area contributed by atoms with E-state index in [1.165, 1.54) is 0 Å². The van der Waals surface area contributed by atoms with Gasteiger partial charge in [-0.1, -0.05) is 0 Å². The fourth-order valence-corrected chi connectivity index (χ4v) is 0.701. The highest BCUT2D eigenvalue weighted by Gasteiger charge is 1.87. The summed E-state index contributed by atoms with van der Waals surface area (Å²) in [6.07, 6.45) is 2.21. The molecule has 0 amide bonds. The van der Waals surface area contributed by atoms with Crippen LogP contribution in [0.4, 0.5) is 0 Å². The van der Waals surface area contributed by atoms with Crippen molar-refractivity contribution in [2.45, 2.75) is 12.8 Å². The van der Waals surface area contributed by atoms with E-state index in [4.69, 9.17) is 11.5 Å². The van der Waals surface area contributed by atoms with Crippen molar-refractivity contribution in [3.05, 3.63) is 0 Å². The highest BCUT2D eigenvalue weighted by Crippen LogP contribution is 1.86.